The van der Waals surface area contributed by atoms with E-state index in [-0.39, 0.29) is 10.8 Å². The van der Waals surface area contributed by atoms with Gasteiger partial charge >= 0.3 is 0 Å². The molecule has 168 valence electrons. The average Bonchev–Trinajstić information content (AvgIpc) is 3.46. The Labute approximate surface area is 181 Å². The highest BCUT2D eigenvalue weighted by Crippen LogP contribution is 2.28. The van der Waals surface area contributed by atoms with Gasteiger partial charge in [-0.05, 0) is 77.0 Å². The van der Waals surface area contributed by atoms with Gasteiger partial charge in [-0.25, -0.2) is 13.1 Å². The third kappa shape index (κ3) is 6.26. The second-order valence-corrected chi connectivity index (χ2v) is 10.6. The minimum absolute atomic E-state index is 0.0981. The number of rotatable bonds is 11. The summed E-state index contributed by atoms with van der Waals surface area (Å²) in [5, 5.41) is 0. The molecule has 30 heavy (non-hydrogen) atoms. The van der Waals surface area contributed by atoms with E-state index in [2.05, 4.69) is 21.4 Å². The monoisotopic (exact) mass is 436 g/mol. The fourth-order valence-electron chi connectivity index (χ4n) is 3.98. The summed E-state index contributed by atoms with van der Waals surface area (Å²) in [6, 6.07) is 6.83. The number of amides is 1. The van der Waals surface area contributed by atoms with Crippen LogP contribution in [0, 0.1) is 5.92 Å². The lowest BCUT2D eigenvalue weighted by molar-refractivity contribution is 0.0694. The van der Waals surface area contributed by atoms with Crippen LogP contribution in [0.5, 0.6) is 0 Å². The predicted molar refractivity (Wildman–Crippen MR) is 119 cm³/mol. The second-order valence-electron chi connectivity index (χ2n) is 8.80. The Morgan fingerprint density at radius 1 is 1.20 bits per heavy atom. The number of benzene rings is 1. The minimum atomic E-state index is -3.60. The van der Waals surface area contributed by atoms with Crippen molar-refractivity contribution in [2.75, 3.05) is 53.4 Å². The summed E-state index contributed by atoms with van der Waals surface area (Å²) in [6.07, 6.45) is 4.42. The molecule has 1 unspecified atom stereocenters. The molecule has 0 radical (unpaired) electrons. The molecule has 3 rings (SSSR count). The van der Waals surface area contributed by atoms with E-state index in [1.54, 1.807) is 18.2 Å². The fourth-order valence-corrected chi connectivity index (χ4v) is 5.14. The van der Waals surface area contributed by atoms with Crippen LogP contribution in [0.4, 0.5) is 0 Å². The first-order valence-corrected chi connectivity index (χ1v) is 12.6. The summed E-state index contributed by atoms with van der Waals surface area (Å²) in [5.74, 6) is 0.359. The number of hydrogen-bond acceptors (Lipinski definition) is 5. The van der Waals surface area contributed by atoms with Gasteiger partial charge in [0.1, 0.15) is 0 Å². The maximum absolute atomic E-state index is 13.4. The van der Waals surface area contributed by atoms with Gasteiger partial charge in [-0.15, -0.1) is 0 Å². The molecule has 1 atom stereocenters. The first-order valence-electron chi connectivity index (χ1n) is 11.1. The number of likely N-dealkylation sites (tertiary alicyclic amines) is 1. The smallest absolute Gasteiger partial charge is 0.253 e. The zero-order chi connectivity index (χ0) is 21.7. The van der Waals surface area contributed by atoms with Crippen LogP contribution >= 0.6 is 0 Å². The van der Waals surface area contributed by atoms with E-state index in [0.29, 0.717) is 37.2 Å². The molecule has 1 N–H and O–H groups in total. The highest BCUT2D eigenvalue weighted by atomic mass is 32.2. The van der Waals surface area contributed by atoms with E-state index in [9.17, 15) is 13.2 Å². The van der Waals surface area contributed by atoms with Gasteiger partial charge in [-0.2, -0.15) is 0 Å². The molecule has 2 aliphatic rings. The molecule has 0 spiro atoms. The Hall–Kier alpha value is -1.48. The van der Waals surface area contributed by atoms with E-state index in [0.717, 1.165) is 45.3 Å². The number of likely N-dealkylation sites (N-methyl/N-ethyl adjacent to an activating group) is 2. The van der Waals surface area contributed by atoms with Crippen LogP contribution in [0.25, 0.3) is 0 Å². The lowest BCUT2D eigenvalue weighted by atomic mass is 10.1. The normalized spacial score (nSPS) is 20.1. The summed E-state index contributed by atoms with van der Waals surface area (Å²) < 4.78 is 27.9. The molecule has 2 fully saturated rings. The van der Waals surface area contributed by atoms with Crippen molar-refractivity contribution in [3.05, 3.63) is 29.8 Å². The van der Waals surface area contributed by atoms with Gasteiger partial charge < -0.3 is 9.80 Å². The molecule has 1 aliphatic carbocycles. The van der Waals surface area contributed by atoms with Crippen LogP contribution in [0.2, 0.25) is 0 Å². The SMILES string of the molecule is CCN1CCCC1CN(CCN(C)C)C(=O)c1cccc(S(=O)(=O)NCC2CC2)c1. The first-order chi connectivity index (χ1) is 14.3. The van der Waals surface area contributed by atoms with Crippen LogP contribution in [0.1, 0.15) is 43.0 Å². The zero-order valence-corrected chi connectivity index (χ0v) is 19.3. The number of hydrogen-bond donors (Lipinski definition) is 1. The predicted octanol–water partition coefficient (Wildman–Crippen LogP) is 1.86. The van der Waals surface area contributed by atoms with Crippen LogP contribution in [-0.4, -0.2) is 88.4 Å². The average molecular weight is 437 g/mol. The number of nitrogens with zero attached hydrogens (tertiary/aromatic N) is 3. The molecular weight excluding hydrogens is 400 g/mol. The highest BCUT2D eigenvalue weighted by Gasteiger charge is 2.28. The number of carbonyl (C=O) groups excluding carboxylic acids is 1. The van der Waals surface area contributed by atoms with E-state index in [1.165, 1.54) is 6.07 Å². The molecule has 8 heteroatoms. The lowest BCUT2D eigenvalue weighted by Crippen LogP contribution is -2.45. The number of sulfonamides is 1. The third-order valence-corrected chi connectivity index (χ3v) is 7.51. The molecule has 1 aromatic carbocycles. The van der Waals surface area contributed by atoms with E-state index >= 15 is 0 Å². The Balaban J connectivity index is 1.75. The maximum atomic E-state index is 13.4. The van der Waals surface area contributed by atoms with Crippen molar-refractivity contribution < 1.29 is 13.2 Å². The highest BCUT2D eigenvalue weighted by molar-refractivity contribution is 7.89. The van der Waals surface area contributed by atoms with E-state index in [1.807, 2.05) is 19.0 Å². The van der Waals surface area contributed by atoms with Crippen LogP contribution in [-0.2, 0) is 10.0 Å². The van der Waals surface area contributed by atoms with Gasteiger partial charge in [0, 0.05) is 37.8 Å². The van der Waals surface area contributed by atoms with Gasteiger partial charge in [0.15, 0.2) is 0 Å². The molecule has 1 heterocycles. The number of carbonyl (C=O) groups is 1. The second kappa shape index (κ2) is 10.2. The molecule has 1 saturated carbocycles. The Morgan fingerprint density at radius 2 is 1.97 bits per heavy atom. The van der Waals surface area contributed by atoms with Gasteiger partial charge in [0.05, 0.1) is 4.90 Å². The van der Waals surface area contributed by atoms with E-state index in [4.69, 9.17) is 0 Å². The standard InChI is InChI=1S/C22H36N4O3S/c1-4-25-12-6-8-20(25)17-26(14-13-24(2)3)22(27)19-7-5-9-21(15-19)30(28,29)23-16-18-10-11-18/h5,7,9,15,18,20,23H,4,6,8,10-14,16-17H2,1-3H3. The Kier molecular flexibility index (Phi) is 7.90. The molecule has 1 aliphatic heterocycles. The molecule has 1 amide bonds. The zero-order valence-electron chi connectivity index (χ0n) is 18.5. The molecule has 0 aromatic heterocycles. The summed E-state index contributed by atoms with van der Waals surface area (Å²) in [6.45, 7) is 6.77. The molecule has 1 aromatic rings. The van der Waals surface area contributed by atoms with Crippen LogP contribution in [0.15, 0.2) is 29.2 Å². The van der Waals surface area contributed by atoms with E-state index < -0.39 is 10.0 Å². The Morgan fingerprint density at radius 3 is 2.63 bits per heavy atom. The first kappa shape index (κ1) is 23.2. The summed E-state index contributed by atoms with van der Waals surface area (Å²) in [4.78, 5) is 19.9. The Bertz CT molecular complexity index is 823. The molecule has 7 nitrogen and oxygen atoms in total. The third-order valence-electron chi connectivity index (χ3n) is 6.09. The van der Waals surface area contributed by atoms with Crippen molar-refractivity contribution in [2.24, 2.45) is 5.92 Å². The van der Waals surface area contributed by atoms with Crippen LogP contribution in [0.3, 0.4) is 0 Å². The summed E-state index contributed by atoms with van der Waals surface area (Å²) >= 11 is 0. The molecule has 0 bridgehead atoms. The maximum Gasteiger partial charge on any atom is 0.253 e. The summed E-state index contributed by atoms with van der Waals surface area (Å²) in [5.41, 5.74) is 0.434. The lowest BCUT2D eigenvalue weighted by Gasteiger charge is -2.31. The molecule has 1 saturated heterocycles. The van der Waals surface area contributed by atoms with Crippen molar-refractivity contribution in [1.82, 2.24) is 19.4 Å². The fraction of sp³-hybridized carbons (Fsp3) is 0.682. The van der Waals surface area contributed by atoms with Crippen molar-refractivity contribution in [1.29, 1.82) is 0 Å². The van der Waals surface area contributed by atoms with Gasteiger partial charge in [0.2, 0.25) is 10.0 Å². The minimum Gasteiger partial charge on any atom is -0.336 e. The topological polar surface area (TPSA) is 73.0 Å². The largest absolute Gasteiger partial charge is 0.336 e. The van der Waals surface area contributed by atoms with Gasteiger partial charge in [-0.1, -0.05) is 13.0 Å². The van der Waals surface area contributed by atoms with Crippen molar-refractivity contribution in [2.45, 2.75) is 43.5 Å². The van der Waals surface area contributed by atoms with Gasteiger partial charge in [-0.3, -0.25) is 9.69 Å². The summed E-state index contributed by atoms with van der Waals surface area (Å²) in [7, 11) is 0.396. The van der Waals surface area contributed by atoms with Crippen LogP contribution < -0.4 is 4.72 Å². The van der Waals surface area contributed by atoms with Gasteiger partial charge in [0.25, 0.3) is 5.91 Å². The quantitative estimate of drug-likeness (QED) is 0.573. The number of nitrogens with one attached hydrogen (secondary N) is 1. The van der Waals surface area contributed by atoms with Crippen molar-refractivity contribution in [3.63, 3.8) is 0 Å². The van der Waals surface area contributed by atoms with Crippen molar-refractivity contribution in [3.8, 4) is 0 Å². The van der Waals surface area contributed by atoms with Crippen molar-refractivity contribution >= 4 is 15.9 Å². The molecular formula is C22H36N4O3S.